The fourth-order valence-electron chi connectivity index (χ4n) is 4.35. The molecule has 170 valence electrons. The maximum absolute atomic E-state index is 14.1. The van der Waals surface area contributed by atoms with Crippen molar-refractivity contribution in [3.05, 3.63) is 92.4 Å². The predicted octanol–water partition coefficient (Wildman–Crippen LogP) is 1.93. The van der Waals surface area contributed by atoms with Crippen LogP contribution in [0.5, 0.6) is 0 Å². The van der Waals surface area contributed by atoms with Gasteiger partial charge in [-0.25, -0.2) is 9.18 Å². The third-order valence-electron chi connectivity index (χ3n) is 6.18. The van der Waals surface area contributed by atoms with Gasteiger partial charge >= 0.3 is 5.69 Å². The zero-order chi connectivity index (χ0) is 22.9. The number of rotatable bonds is 5. The van der Waals surface area contributed by atoms with E-state index in [1.54, 1.807) is 13.1 Å². The molecule has 4 aromatic rings. The molecule has 0 aliphatic carbocycles. The predicted molar refractivity (Wildman–Crippen MR) is 125 cm³/mol. The number of nitrogens with zero attached hydrogens (tertiary/aromatic N) is 5. The first kappa shape index (κ1) is 21.1. The molecule has 1 N–H and O–H groups in total. The molecule has 2 aromatic carbocycles. The molecule has 8 nitrogen and oxygen atoms in total. The fourth-order valence-corrected chi connectivity index (χ4v) is 4.35. The highest BCUT2D eigenvalue weighted by molar-refractivity contribution is 5.74. The lowest BCUT2D eigenvalue weighted by Gasteiger charge is -2.35. The van der Waals surface area contributed by atoms with Crippen LogP contribution in [0.1, 0.15) is 11.1 Å². The minimum Gasteiger partial charge on any atom is -0.340 e. The third-order valence-corrected chi connectivity index (χ3v) is 6.18. The number of anilines is 1. The van der Waals surface area contributed by atoms with E-state index in [0.717, 1.165) is 18.7 Å². The number of fused-ring (bicyclic) bond motifs is 1. The van der Waals surface area contributed by atoms with Crippen molar-refractivity contribution in [1.82, 2.24) is 24.0 Å². The van der Waals surface area contributed by atoms with Crippen molar-refractivity contribution >= 4 is 17.1 Å². The highest BCUT2D eigenvalue weighted by atomic mass is 19.1. The quantitative estimate of drug-likeness (QED) is 0.505. The number of halogens is 1. The van der Waals surface area contributed by atoms with E-state index in [-0.39, 0.29) is 5.82 Å². The van der Waals surface area contributed by atoms with Crippen LogP contribution in [0.3, 0.4) is 0 Å². The van der Waals surface area contributed by atoms with Crippen LogP contribution < -0.4 is 16.1 Å². The first-order valence-corrected chi connectivity index (χ1v) is 11.0. The third kappa shape index (κ3) is 4.07. The standard InChI is InChI=1S/C24H25FN6O2/c1-28-21-20(22(32)27-24(28)33)31(15-17-7-3-2-4-8-17)23(26-21)30-13-11-29(12-14-30)16-18-9-5-6-10-19(18)25/h2-10H,11-16H2,1H3,(H,27,32,33). The molecule has 9 heteroatoms. The van der Waals surface area contributed by atoms with E-state index in [0.29, 0.717) is 48.9 Å². The lowest BCUT2D eigenvalue weighted by molar-refractivity contribution is 0.245. The summed E-state index contributed by atoms with van der Waals surface area (Å²) >= 11 is 0. The van der Waals surface area contributed by atoms with Crippen LogP contribution in [0.15, 0.2) is 64.2 Å². The summed E-state index contributed by atoms with van der Waals surface area (Å²) < 4.78 is 17.3. The largest absolute Gasteiger partial charge is 0.340 e. The van der Waals surface area contributed by atoms with Gasteiger partial charge < -0.3 is 4.90 Å². The smallest absolute Gasteiger partial charge is 0.329 e. The van der Waals surface area contributed by atoms with Gasteiger partial charge in [0, 0.05) is 45.3 Å². The molecule has 0 spiro atoms. The molecule has 1 fully saturated rings. The van der Waals surface area contributed by atoms with E-state index in [1.165, 1.54) is 10.6 Å². The summed E-state index contributed by atoms with van der Waals surface area (Å²) in [6.07, 6.45) is 0. The van der Waals surface area contributed by atoms with Crippen molar-refractivity contribution in [2.45, 2.75) is 13.1 Å². The summed E-state index contributed by atoms with van der Waals surface area (Å²) in [4.78, 5) is 36.4. The number of aryl methyl sites for hydroxylation is 1. The molecule has 2 aromatic heterocycles. The van der Waals surface area contributed by atoms with E-state index in [1.807, 2.05) is 47.0 Å². The molecule has 0 radical (unpaired) electrons. The monoisotopic (exact) mass is 448 g/mol. The van der Waals surface area contributed by atoms with Crippen LogP contribution in [0.2, 0.25) is 0 Å². The number of imidazole rings is 1. The number of piperazine rings is 1. The van der Waals surface area contributed by atoms with E-state index in [2.05, 4.69) is 14.8 Å². The van der Waals surface area contributed by atoms with Gasteiger partial charge in [-0.1, -0.05) is 48.5 Å². The molecule has 33 heavy (non-hydrogen) atoms. The van der Waals surface area contributed by atoms with Gasteiger partial charge in [0.2, 0.25) is 5.95 Å². The topological polar surface area (TPSA) is 79.2 Å². The summed E-state index contributed by atoms with van der Waals surface area (Å²) in [5.41, 5.74) is 1.53. The molecular weight excluding hydrogens is 423 g/mol. The Bertz CT molecular complexity index is 1400. The van der Waals surface area contributed by atoms with Gasteiger partial charge in [0.25, 0.3) is 5.56 Å². The van der Waals surface area contributed by atoms with Crippen molar-refractivity contribution in [2.75, 3.05) is 31.1 Å². The second kappa shape index (κ2) is 8.67. The van der Waals surface area contributed by atoms with E-state index in [4.69, 9.17) is 4.98 Å². The van der Waals surface area contributed by atoms with Gasteiger partial charge in [-0.05, 0) is 11.6 Å². The Kier molecular flexibility index (Phi) is 5.55. The minimum atomic E-state index is -0.488. The Labute approximate surface area is 189 Å². The molecular formula is C24H25FN6O2. The molecule has 1 saturated heterocycles. The number of aromatic nitrogens is 4. The zero-order valence-corrected chi connectivity index (χ0v) is 18.4. The van der Waals surface area contributed by atoms with Crippen LogP contribution in [0, 0.1) is 5.82 Å². The fraction of sp³-hybridized carbons (Fsp3) is 0.292. The molecule has 3 heterocycles. The van der Waals surface area contributed by atoms with Gasteiger partial charge in [-0.15, -0.1) is 0 Å². The maximum atomic E-state index is 14.1. The minimum absolute atomic E-state index is 0.190. The molecule has 5 rings (SSSR count). The van der Waals surface area contributed by atoms with Gasteiger partial charge in [0.15, 0.2) is 11.2 Å². The van der Waals surface area contributed by atoms with Crippen molar-refractivity contribution in [1.29, 1.82) is 0 Å². The summed E-state index contributed by atoms with van der Waals surface area (Å²) in [6, 6.07) is 16.7. The van der Waals surface area contributed by atoms with Crippen LogP contribution in [0.4, 0.5) is 10.3 Å². The summed E-state index contributed by atoms with van der Waals surface area (Å²) in [6.45, 7) is 3.84. The number of hydrogen-bond acceptors (Lipinski definition) is 5. The number of H-pyrrole nitrogens is 1. The molecule has 1 aliphatic rings. The van der Waals surface area contributed by atoms with Gasteiger partial charge in [0.05, 0.1) is 6.54 Å². The molecule has 0 amide bonds. The summed E-state index contributed by atoms with van der Waals surface area (Å²) in [5.74, 6) is 0.468. The van der Waals surface area contributed by atoms with E-state index in [9.17, 15) is 14.0 Å². The van der Waals surface area contributed by atoms with Gasteiger partial charge in [0.1, 0.15) is 5.82 Å². The normalized spacial score (nSPS) is 14.8. The number of benzene rings is 2. The summed E-state index contributed by atoms with van der Waals surface area (Å²) in [7, 11) is 1.61. The van der Waals surface area contributed by atoms with E-state index >= 15 is 0 Å². The first-order valence-electron chi connectivity index (χ1n) is 11.0. The Balaban J connectivity index is 1.46. The van der Waals surface area contributed by atoms with Crippen molar-refractivity contribution in [3.8, 4) is 0 Å². The lowest BCUT2D eigenvalue weighted by Crippen LogP contribution is -2.47. The SMILES string of the molecule is Cn1c(=O)[nH]c(=O)c2c1nc(N1CCN(Cc3ccccc3F)CC1)n2Cc1ccccc1. The Morgan fingerprint density at radius 2 is 1.64 bits per heavy atom. The maximum Gasteiger partial charge on any atom is 0.329 e. The van der Waals surface area contributed by atoms with E-state index < -0.39 is 11.2 Å². The van der Waals surface area contributed by atoms with Crippen LogP contribution >= 0.6 is 0 Å². The lowest BCUT2D eigenvalue weighted by atomic mass is 10.2. The molecule has 0 saturated carbocycles. The average Bonchev–Trinajstić information content (AvgIpc) is 3.20. The highest BCUT2D eigenvalue weighted by Gasteiger charge is 2.25. The second-order valence-corrected chi connectivity index (χ2v) is 8.33. The van der Waals surface area contributed by atoms with Gasteiger partial charge in [-0.2, -0.15) is 4.98 Å². The molecule has 0 bridgehead atoms. The Morgan fingerprint density at radius 1 is 0.939 bits per heavy atom. The second-order valence-electron chi connectivity index (χ2n) is 8.33. The van der Waals surface area contributed by atoms with Crippen LogP contribution in [-0.2, 0) is 20.1 Å². The van der Waals surface area contributed by atoms with Crippen molar-refractivity contribution < 1.29 is 4.39 Å². The Hall–Kier alpha value is -3.72. The molecule has 1 aliphatic heterocycles. The van der Waals surface area contributed by atoms with Gasteiger partial charge in [-0.3, -0.25) is 23.8 Å². The number of nitrogens with one attached hydrogen (secondary N) is 1. The molecule has 0 unspecified atom stereocenters. The highest BCUT2D eigenvalue weighted by Crippen LogP contribution is 2.23. The zero-order valence-electron chi connectivity index (χ0n) is 18.4. The van der Waals surface area contributed by atoms with Crippen LogP contribution in [0.25, 0.3) is 11.2 Å². The summed E-state index contributed by atoms with van der Waals surface area (Å²) in [5, 5.41) is 0. The number of aromatic amines is 1. The van der Waals surface area contributed by atoms with Crippen molar-refractivity contribution in [3.63, 3.8) is 0 Å². The van der Waals surface area contributed by atoms with Crippen molar-refractivity contribution in [2.24, 2.45) is 7.05 Å². The Morgan fingerprint density at radius 3 is 2.36 bits per heavy atom. The first-order chi connectivity index (χ1) is 16.0. The van der Waals surface area contributed by atoms with Crippen LogP contribution in [-0.4, -0.2) is 50.2 Å². The number of hydrogen-bond donors (Lipinski definition) is 1. The molecule has 0 atom stereocenters. The average molecular weight is 449 g/mol.